The van der Waals surface area contributed by atoms with Gasteiger partial charge in [-0.1, -0.05) is 0 Å². The number of sulfonamides is 1. The summed E-state index contributed by atoms with van der Waals surface area (Å²) in [6.07, 6.45) is 4.80. The molecule has 1 aliphatic rings. The van der Waals surface area contributed by atoms with Crippen LogP contribution >= 0.6 is 24.0 Å². The van der Waals surface area contributed by atoms with Gasteiger partial charge in [0.05, 0.1) is 13.2 Å². The molecule has 0 radical (unpaired) electrons. The van der Waals surface area contributed by atoms with Crippen molar-refractivity contribution in [1.82, 2.24) is 20.3 Å². The molecule has 0 saturated carbocycles. The van der Waals surface area contributed by atoms with E-state index in [9.17, 15) is 8.42 Å². The fraction of sp³-hybridized carbons (Fsp3) is 0.647. The van der Waals surface area contributed by atoms with E-state index >= 15 is 0 Å². The van der Waals surface area contributed by atoms with Crippen molar-refractivity contribution < 1.29 is 17.9 Å². The number of nitrogens with zero attached hydrogens (tertiary/aromatic N) is 2. The Morgan fingerprint density at radius 3 is 2.86 bits per heavy atom. The average molecular weight is 527 g/mol. The van der Waals surface area contributed by atoms with Crippen LogP contribution in [0.1, 0.15) is 12.8 Å². The highest BCUT2D eigenvalue weighted by Crippen LogP contribution is 2.12. The van der Waals surface area contributed by atoms with Gasteiger partial charge in [-0.2, -0.15) is 0 Å². The van der Waals surface area contributed by atoms with E-state index in [0.717, 1.165) is 39.2 Å². The zero-order chi connectivity index (χ0) is 19.4. The lowest BCUT2D eigenvalue weighted by Gasteiger charge is -2.13. The standard InChI is InChI=1S/C17H29N5O4S.HI/c1-18-17(20-7-3-10-25-13-15-5-11-26-14-15)21-8-9-22-27(23,24)16-4-2-6-19-12-16;/h2,4,6,12,15,22H,3,5,7-11,13-14H2,1H3,(H2,18,20,21);1H. The molecule has 1 aromatic heterocycles. The van der Waals surface area contributed by atoms with Gasteiger partial charge in [-0.05, 0) is 25.0 Å². The summed E-state index contributed by atoms with van der Waals surface area (Å²) in [6.45, 7) is 4.47. The Labute approximate surface area is 184 Å². The number of hydrogen-bond acceptors (Lipinski definition) is 6. The molecule has 160 valence electrons. The molecule has 1 atom stereocenters. The molecule has 3 N–H and O–H groups in total. The normalized spacial score (nSPS) is 17.2. The number of pyridine rings is 1. The van der Waals surface area contributed by atoms with Crippen molar-refractivity contribution in [2.24, 2.45) is 10.9 Å². The zero-order valence-electron chi connectivity index (χ0n) is 16.1. The Kier molecular flexibility index (Phi) is 12.5. The van der Waals surface area contributed by atoms with Crippen molar-refractivity contribution >= 4 is 40.0 Å². The molecule has 2 heterocycles. The largest absolute Gasteiger partial charge is 0.381 e. The van der Waals surface area contributed by atoms with E-state index in [2.05, 4.69) is 25.3 Å². The number of aromatic nitrogens is 1. The van der Waals surface area contributed by atoms with Crippen molar-refractivity contribution in [2.75, 3.05) is 53.1 Å². The minimum absolute atomic E-state index is 0. The van der Waals surface area contributed by atoms with Crippen LogP contribution < -0.4 is 15.4 Å². The van der Waals surface area contributed by atoms with Gasteiger partial charge in [-0.3, -0.25) is 9.98 Å². The zero-order valence-corrected chi connectivity index (χ0v) is 19.2. The lowest BCUT2D eigenvalue weighted by molar-refractivity contribution is 0.0888. The first-order valence-corrected chi connectivity index (χ1v) is 10.6. The molecule has 1 aliphatic heterocycles. The van der Waals surface area contributed by atoms with E-state index in [-0.39, 0.29) is 35.4 Å². The third kappa shape index (κ3) is 9.45. The Balaban J connectivity index is 0.00000392. The van der Waals surface area contributed by atoms with E-state index in [4.69, 9.17) is 9.47 Å². The van der Waals surface area contributed by atoms with Crippen molar-refractivity contribution in [3.63, 3.8) is 0 Å². The molecule has 0 aromatic carbocycles. The Hall–Kier alpha value is -1.02. The quantitative estimate of drug-likeness (QED) is 0.167. The van der Waals surface area contributed by atoms with Crippen LogP contribution in [-0.4, -0.2) is 72.5 Å². The summed E-state index contributed by atoms with van der Waals surface area (Å²) in [5.41, 5.74) is 0. The molecule has 0 aliphatic carbocycles. The lowest BCUT2D eigenvalue weighted by Crippen LogP contribution is -2.42. The van der Waals surface area contributed by atoms with Gasteiger partial charge < -0.3 is 20.1 Å². The highest BCUT2D eigenvalue weighted by Gasteiger charge is 2.15. The molecule has 11 heteroatoms. The molecule has 1 fully saturated rings. The van der Waals surface area contributed by atoms with Gasteiger partial charge in [0.25, 0.3) is 0 Å². The molecule has 1 aromatic rings. The Morgan fingerprint density at radius 1 is 1.36 bits per heavy atom. The van der Waals surface area contributed by atoms with Crippen LogP contribution in [0.4, 0.5) is 0 Å². The first-order valence-electron chi connectivity index (χ1n) is 9.11. The molecular formula is C17H30IN5O4S. The summed E-state index contributed by atoms with van der Waals surface area (Å²) in [7, 11) is -1.87. The number of aliphatic imine (C=N–C) groups is 1. The number of rotatable bonds is 11. The molecule has 28 heavy (non-hydrogen) atoms. The fourth-order valence-corrected chi connectivity index (χ4v) is 3.52. The van der Waals surface area contributed by atoms with E-state index in [1.807, 2.05) is 0 Å². The van der Waals surface area contributed by atoms with Gasteiger partial charge in [-0.15, -0.1) is 24.0 Å². The van der Waals surface area contributed by atoms with Crippen LogP contribution in [0.15, 0.2) is 34.4 Å². The van der Waals surface area contributed by atoms with Crippen molar-refractivity contribution in [3.05, 3.63) is 24.5 Å². The molecule has 0 spiro atoms. The summed E-state index contributed by atoms with van der Waals surface area (Å²) in [5.74, 6) is 1.16. The maximum atomic E-state index is 12.1. The van der Waals surface area contributed by atoms with Crippen LogP contribution in [0.5, 0.6) is 0 Å². The van der Waals surface area contributed by atoms with Crippen LogP contribution in [0.3, 0.4) is 0 Å². The first kappa shape index (κ1) is 25.0. The molecule has 0 amide bonds. The van der Waals surface area contributed by atoms with Gasteiger partial charge in [0.1, 0.15) is 4.90 Å². The number of nitrogens with one attached hydrogen (secondary N) is 3. The smallest absolute Gasteiger partial charge is 0.242 e. The SMILES string of the molecule is CN=C(NCCCOCC1CCOC1)NCCNS(=O)(=O)c1cccnc1.I. The minimum Gasteiger partial charge on any atom is -0.381 e. The molecule has 1 unspecified atom stereocenters. The predicted octanol–water partition coefficient (Wildman–Crippen LogP) is 0.586. The average Bonchev–Trinajstić information content (AvgIpc) is 3.20. The van der Waals surface area contributed by atoms with Crippen LogP contribution in [0.2, 0.25) is 0 Å². The van der Waals surface area contributed by atoms with Crippen LogP contribution in [0, 0.1) is 5.92 Å². The maximum Gasteiger partial charge on any atom is 0.242 e. The molecule has 9 nitrogen and oxygen atoms in total. The first-order chi connectivity index (χ1) is 13.1. The van der Waals surface area contributed by atoms with Gasteiger partial charge in [0.15, 0.2) is 5.96 Å². The Bertz CT molecular complexity index is 669. The van der Waals surface area contributed by atoms with Crippen molar-refractivity contribution in [1.29, 1.82) is 0 Å². The summed E-state index contributed by atoms with van der Waals surface area (Å²) in [5, 5.41) is 6.24. The van der Waals surface area contributed by atoms with Crippen LogP contribution in [0.25, 0.3) is 0 Å². The molecular weight excluding hydrogens is 497 g/mol. The molecule has 2 rings (SSSR count). The third-order valence-electron chi connectivity index (χ3n) is 4.01. The highest BCUT2D eigenvalue weighted by molar-refractivity contribution is 14.0. The number of halogens is 1. The van der Waals surface area contributed by atoms with Gasteiger partial charge in [-0.25, -0.2) is 13.1 Å². The summed E-state index contributed by atoms with van der Waals surface area (Å²) in [6, 6.07) is 3.09. The van der Waals surface area contributed by atoms with Gasteiger partial charge in [0, 0.05) is 58.2 Å². The van der Waals surface area contributed by atoms with E-state index in [0.29, 0.717) is 25.0 Å². The maximum absolute atomic E-state index is 12.1. The second-order valence-corrected chi connectivity index (χ2v) is 7.94. The number of guanidine groups is 1. The van der Waals surface area contributed by atoms with Crippen LogP contribution in [-0.2, 0) is 19.5 Å². The highest BCUT2D eigenvalue weighted by atomic mass is 127. The predicted molar refractivity (Wildman–Crippen MR) is 119 cm³/mol. The van der Waals surface area contributed by atoms with E-state index in [1.54, 1.807) is 13.1 Å². The lowest BCUT2D eigenvalue weighted by atomic mass is 10.1. The number of hydrogen-bond donors (Lipinski definition) is 3. The second-order valence-electron chi connectivity index (χ2n) is 6.17. The van der Waals surface area contributed by atoms with Crippen molar-refractivity contribution in [3.8, 4) is 0 Å². The van der Waals surface area contributed by atoms with E-state index < -0.39 is 10.0 Å². The third-order valence-corrected chi connectivity index (χ3v) is 5.46. The Morgan fingerprint density at radius 2 is 2.18 bits per heavy atom. The molecule has 1 saturated heterocycles. The monoisotopic (exact) mass is 527 g/mol. The summed E-state index contributed by atoms with van der Waals surface area (Å²) in [4.78, 5) is 8.08. The summed E-state index contributed by atoms with van der Waals surface area (Å²) < 4.78 is 37.6. The number of ether oxygens (including phenoxy) is 2. The van der Waals surface area contributed by atoms with E-state index in [1.165, 1.54) is 18.5 Å². The van der Waals surface area contributed by atoms with Gasteiger partial charge in [0.2, 0.25) is 10.0 Å². The second kappa shape index (κ2) is 14.0. The van der Waals surface area contributed by atoms with Crippen molar-refractivity contribution in [2.45, 2.75) is 17.7 Å². The topological polar surface area (TPSA) is 114 Å². The summed E-state index contributed by atoms with van der Waals surface area (Å²) >= 11 is 0. The molecule has 0 bridgehead atoms. The fourth-order valence-electron chi connectivity index (χ4n) is 2.52. The minimum atomic E-state index is -3.54. The van der Waals surface area contributed by atoms with Gasteiger partial charge >= 0.3 is 0 Å².